The van der Waals surface area contributed by atoms with E-state index in [-0.39, 0.29) is 5.56 Å². The number of hydrogen-bond donors (Lipinski definition) is 0. The number of rotatable bonds is 2. The van der Waals surface area contributed by atoms with Crippen molar-refractivity contribution in [3.8, 4) is 11.1 Å². The molecule has 0 aliphatic rings. The molecular weight excluding hydrogens is 388 g/mol. The molecule has 2 rings (SSSR count). The van der Waals surface area contributed by atoms with E-state index < -0.39 is 12.6 Å². The minimum absolute atomic E-state index is 0.236. The van der Waals surface area contributed by atoms with Crippen molar-refractivity contribution in [3.63, 3.8) is 0 Å². The van der Waals surface area contributed by atoms with Crippen LogP contribution in [0.1, 0.15) is 5.56 Å². The van der Waals surface area contributed by atoms with Crippen LogP contribution in [0.4, 0.5) is 13.2 Å². The Morgan fingerprint density at radius 2 is 1.79 bits per heavy atom. The minimum Gasteiger partial charge on any atom is -0.171 e. The molecule has 0 nitrogen and oxygen atoms in total. The van der Waals surface area contributed by atoms with Gasteiger partial charge in [-0.2, -0.15) is 13.2 Å². The van der Waals surface area contributed by atoms with Crippen molar-refractivity contribution >= 4 is 34.2 Å². The lowest BCUT2D eigenvalue weighted by Gasteiger charge is -2.10. The van der Waals surface area contributed by atoms with E-state index in [1.54, 1.807) is 18.2 Å². The highest BCUT2D eigenvalue weighted by Crippen LogP contribution is 2.31. The van der Waals surface area contributed by atoms with Gasteiger partial charge in [-0.3, -0.25) is 0 Å². The van der Waals surface area contributed by atoms with Crippen LogP contribution in [0.15, 0.2) is 42.5 Å². The highest BCUT2D eigenvalue weighted by Gasteiger charge is 2.27. The topological polar surface area (TPSA) is 0 Å². The molecule has 0 spiro atoms. The van der Waals surface area contributed by atoms with Crippen molar-refractivity contribution in [1.29, 1.82) is 0 Å². The maximum absolute atomic E-state index is 12.4. The first-order valence-corrected chi connectivity index (χ1v) is 6.92. The molecule has 0 N–H and O–H groups in total. The van der Waals surface area contributed by atoms with Gasteiger partial charge in [0, 0.05) is 14.2 Å². The molecular formula is C14H9ClF3I. The largest absolute Gasteiger partial charge is 0.393 e. The summed E-state index contributed by atoms with van der Waals surface area (Å²) < 4.78 is 38.2. The predicted octanol–water partition coefficient (Wildman–Crippen LogP) is 5.72. The molecule has 0 bridgehead atoms. The van der Waals surface area contributed by atoms with Gasteiger partial charge in [0.1, 0.15) is 0 Å². The van der Waals surface area contributed by atoms with Gasteiger partial charge in [-0.1, -0.05) is 35.9 Å². The molecule has 0 atom stereocenters. The number of hydrogen-bond acceptors (Lipinski definition) is 0. The van der Waals surface area contributed by atoms with Gasteiger partial charge in [-0.15, -0.1) is 0 Å². The van der Waals surface area contributed by atoms with Crippen LogP contribution in [0.2, 0.25) is 5.02 Å². The summed E-state index contributed by atoms with van der Waals surface area (Å²) in [6.45, 7) is 0. The van der Waals surface area contributed by atoms with E-state index >= 15 is 0 Å². The molecule has 0 saturated carbocycles. The maximum Gasteiger partial charge on any atom is 0.393 e. The van der Waals surface area contributed by atoms with Crippen LogP contribution in [0, 0.1) is 3.57 Å². The zero-order chi connectivity index (χ0) is 14.0. The maximum atomic E-state index is 12.4. The van der Waals surface area contributed by atoms with Gasteiger partial charge >= 0.3 is 6.18 Å². The molecule has 2 aromatic carbocycles. The molecule has 0 aliphatic heterocycles. The Balaban J connectivity index is 2.40. The second kappa shape index (κ2) is 5.71. The molecule has 100 valence electrons. The molecule has 5 heteroatoms. The summed E-state index contributed by atoms with van der Waals surface area (Å²) in [5, 5.41) is 0.532. The summed E-state index contributed by atoms with van der Waals surface area (Å²) in [7, 11) is 0. The van der Waals surface area contributed by atoms with Crippen molar-refractivity contribution in [2.75, 3.05) is 0 Å². The van der Waals surface area contributed by atoms with Crippen LogP contribution >= 0.6 is 34.2 Å². The summed E-state index contributed by atoms with van der Waals surface area (Å²) in [6.07, 6.45) is -5.13. The lowest BCUT2D eigenvalue weighted by Crippen LogP contribution is -2.11. The van der Waals surface area contributed by atoms with Crippen LogP contribution < -0.4 is 0 Å². The quantitative estimate of drug-likeness (QED) is 0.570. The molecule has 0 aliphatic carbocycles. The Kier molecular flexibility index (Phi) is 4.40. The van der Waals surface area contributed by atoms with Crippen LogP contribution in [0.3, 0.4) is 0 Å². The van der Waals surface area contributed by atoms with E-state index in [1.807, 2.05) is 12.1 Å². The number of halogens is 5. The first kappa shape index (κ1) is 14.7. The Hall–Kier alpha value is -0.750. The highest BCUT2D eigenvalue weighted by molar-refractivity contribution is 14.1. The van der Waals surface area contributed by atoms with Crippen molar-refractivity contribution in [2.24, 2.45) is 0 Å². The van der Waals surface area contributed by atoms with Crippen LogP contribution in [0.25, 0.3) is 11.1 Å². The molecule has 0 aromatic heterocycles. The Morgan fingerprint density at radius 1 is 1.05 bits per heavy atom. The second-order valence-electron chi connectivity index (χ2n) is 4.12. The zero-order valence-electron chi connectivity index (χ0n) is 9.64. The predicted molar refractivity (Wildman–Crippen MR) is 79.4 cm³/mol. The highest BCUT2D eigenvalue weighted by atomic mass is 127. The molecule has 0 fully saturated rings. The van der Waals surface area contributed by atoms with E-state index in [0.717, 1.165) is 9.13 Å². The molecule has 0 unspecified atom stereocenters. The van der Waals surface area contributed by atoms with Gasteiger partial charge in [0.25, 0.3) is 0 Å². The first-order valence-electron chi connectivity index (χ1n) is 5.46. The molecule has 2 aromatic rings. The van der Waals surface area contributed by atoms with Gasteiger partial charge < -0.3 is 0 Å². The molecule has 0 heterocycles. The van der Waals surface area contributed by atoms with E-state index in [0.29, 0.717) is 10.6 Å². The van der Waals surface area contributed by atoms with Gasteiger partial charge in [0.2, 0.25) is 0 Å². The van der Waals surface area contributed by atoms with Crippen LogP contribution in [0.5, 0.6) is 0 Å². The molecule has 0 amide bonds. The lowest BCUT2D eigenvalue weighted by molar-refractivity contribution is -0.127. The summed E-state index contributed by atoms with van der Waals surface area (Å²) in [5.74, 6) is 0. The first-order chi connectivity index (χ1) is 8.85. The summed E-state index contributed by atoms with van der Waals surface area (Å²) in [5.41, 5.74) is 1.68. The number of benzene rings is 2. The van der Waals surface area contributed by atoms with Crippen molar-refractivity contribution < 1.29 is 13.2 Å². The van der Waals surface area contributed by atoms with Crippen molar-refractivity contribution in [3.05, 3.63) is 56.6 Å². The standard InChI is InChI=1S/C14H9ClF3I/c15-13-5-4-11(19)7-12(13)10-3-1-2-9(6-10)8-14(16,17)18/h1-7H,8H2. The Bertz CT molecular complexity index is 593. The summed E-state index contributed by atoms with van der Waals surface area (Å²) in [4.78, 5) is 0. The third-order valence-electron chi connectivity index (χ3n) is 2.57. The zero-order valence-corrected chi connectivity index (χ0v) is 12.6. The summed E-state index contributed by atoms with van der Waals surface area (Å²) in [6, 6.07) is 11.8. The fraction of sp³-hybridized carbons (Fsp3) is 0.143. The fourth-order valence-corrected chi connectivity index (χ4v) is 2.52. The smallest absolute Gasteiger partial charge is 0.171 e. The van der Waals surface area contributed by atoms with Gasteiger partial charge in [-0.25, -0.2) is 0 Å². The van der Waals surface area contributed by atoms with Crippen molar-refractivity contribution in [1.82, 2.24) is 0 Å². The number of alkyl halides is 3. The average molecular weight is 397 g/mol. The van der Waals surface area contributed by atoms with Crippen LogP contribution in [-0.2, 0) is 6.42 Å². The SMILES string of the molecule is FC(F)(F)Cc1cccc(-c2cc(I)ccc2Cl)c1. The monoisotopic (exact) mass is 396 g/mol. The lowest BCUT2D eigenvalue weighted by atomic mass is 10.0. The Labute approximate surface area is 127 Å². The third kappa shape index (κ3) is 4.11. The van der Waals surface area contributed by atoms with Crippen molar-refractivity contribution in [2.45, 2.75) is 12.6 Å². The normalized spacial score (nSPS) is 11.6. The van der Waals surface area contributed by atoms with E-state index in [9.17, 15) is 13.2 Å². The van der Waals surface area contributed by atoms with Gasteiger partial charge in [0.15, 0.2) is 0 Å². The van der Waals surface area contributed by atoms with Crippen LogP contribution in [-0.4, -0.2) is 6.18 Å². The van der Waals surface area contributed by atoms with E-state index in [2.05, 4.69) is 22.6 Å². The van der Waals surface area contributed by atoms with Gasteiger partial charge in [0.05, 0.1) is 6.42 Å². The van der Waals surface area contributed by atoms with Gasteiger partial charge in [-0.05, 0) is 51.9 Å². The Morgan fingerprint density at radius 3 is 2.47 bits per heavy atom. The third-order valence-corrected chi connectivity index (χ3v) is 3.57. The summed E-state index contributed by atoms with van der Waals surface area (Å²) >= 11 is 8.23. The average Bonchev–Trinajstić information content (AvgIpc) is 2.30. The van der Waals surface area contributed by atoms with E-state index in [4.69, 9.17) is 11.6 Å². The molecule has 0 saturated heterocycles. The molecule has 19 heavy (non-hydrogen) atoms. The molecule has 0 radical (unpaired) electrons. The fourth-order valence-electron chi connectivity index (χ4n) is 1.80. The minimum atomic E-state index is -4.20. The van der Waals surface area contributed by atoms with E-state index in [1.165, 1.54) is 12.1 Å². The second-order valence-corrected chi connectivity index (χ2v) is 5.77.